The highest BCUT2D eigenvalue weighted by Crippen LogP contribution is 2.45. The maximum Gasteiger partial charge on any atom is 0.235 e. The lowest BCUT2D eigenvalue weighted by Gasteiger charge is -2.16. The Morgan fingerprint density at radius 1 is 0.248 bits per heavy atom. The lowest BCUT2D eigenvalue weighted by Crippen LogP contribution is -2.04. The molecule has 21 aromatic rings. The summed E-state index contributed by atoms with van der Waals surface area (Å²) in [4.78, 5) is 20.3. The summed E-state index contributed by atoms with van der Waals surface area (Å²) in [6, 6.07) is 123. The minimum atomic E-state index is 0.223. The molecular formula is C97H60ClN5O2. The largest absolute Gasteiger partial charge is 0.456 e. The zero-order valence-electron chi connectivity index (χ0n) is 56.6. The average molecular weight is 1360 g/mol. The molecule has 0 radical (unpaired) electrons. The van der Waals surface area contributed by atoms with Crippen LogP contribution in [-0.2, 0) is 6.42 Å². The Morgan fingerprint density at radius 3 is 1.24 bits per heavy atom. The summed E-state index contributed by atoms with van der Waals surface area (Å²) in [6.45, 7) is 0. The number of hydrogen-bond donors (Lipinski definition) is 0. The van der Waals surface area contributed by atoms with Gasteiger partial charge in [0.2, 0.25) is 11.2 Å². The highest BCUT2D eigenvalue weighted by Gasteiger charge is 2.24. The van der Waals surface area contributed by atoms with Crippen LogP contribution in [0, 0.1) is 0 Å². The van der Waals surface area contributed by atoms with Gasteiger partial charge in [-0.1, -0.05) is 255 Å². The number of halogens is 1. The molecule has 5 heterocycles. The highest BCUT2D eigenvalue weighted by molar-refractivity contribution is 6.29. The zero-order chi connectivity index (χ0) is 69.5. The Hall–Kier alpha value is -13.6. The highest BCUT2D eigenvalue weighted by atomic mass is 35.5. The van der Waals surface area contributed by atoms with Gasteiger partial charge in [0, 0.05) is 54.2 Å². The van der Waals surface area contributed by atoms with Crippen molar-refractivity contribution < 1.29 is 8.83 Å². The quantitative estimate of drug-likeness (QED) is 0.148. The summed E-state index contributed by atoms with van der Waals surface area (Å²) >= 11 is 6.48. The Balaban J connectivity index is 0.000000118. The maximum absolute atomic E-state index is 6.48. The van der Waals surface area contributed by atoms with Crippen molar-refractivity contribution in [2.75, 3.05) is 0 Å². The standard InChI is InChI=1S/C48H29N3O.C32H19ClN2O.C17H12/c1-3-13-30(14-4-1)37-28-41-42(29-38(37)31-15-5-2-6-16-31)49-48(50-47(41)34-23-24-46-40(26-34)36-20-10-12-22-45(36)52-46)51-43-21-11-9-19-35(43)39-25-32-17-7-8-18-33(32)27-44(39)51;33-32-34-28-19-25(21-11-5-2-6-12-21)24(20-9-3-1-4-10-20)18-27(28)31(35-32)22-15-16-30-26(17-22)23-13-7-8-14-29(23)36-30;1-2-6-13-11-17-15(9-12(13)5-1)10-14-7-3-4-8-16(14)17/h1-29H;1-19H;1-9,11H,10H2. The molecule has 0 atom stereocenters. The Kier molecular flexibility index (Phi) is 14.9. The molecule has 0 saturated heterocycles. The normalized spacial score (nSPS) is 11.8. The Bertz CT molecular complexity index is 7010. The molecule has 0 saturated carbocycles. The van der Waals surface area contributed by atoms with Gasteiger partial charge in [0.05, 0.1) is 33.5 Å². The molecule has 22 rings (SSSR count). The van der Waals surface area contributed by atoms with E-state index in [1.165, 1.54) is 54.6 Å². The summed E-state index contributed by atoms with van der Waals surface area (Å²) in [5.74, 6) is 0.632. The molecule has 16 aromatic carbocycles. The Morgan fingerprint density at radius 2 is 0.676 bits per heavy atom. The first-order valence-corrected chi connectivity index (χ1v) is 35.8. The smallest absolute Gasteiger partial charge is 0.235 e. The van der Waals surface area contributed by atoms with E-state index >= 15 is 0 Å². The van der Waals surface area contributed by atoms with E-state index in [2.05, 4.69) is 307 Å². The number of furan rings is 2. The van der Waals surface area contributed by atoms with Gasteiger partial charge < -0.3 is 8.83 Å². The van der Waals surface area contributed by atoms with Crippen LogP contribution >= 0.6 is 11.6 Å². The topological polar surface area (TPSA) is 82.8 Å². The van der Waals surface area contributed by atoms with Crippen LogP contribution in [0.4, 0.5) is 0 Å². The minimum Gasteiger partial charge on any atom is -0.456 e. The summed E-state index contributed by atoms with van der Waals surface area (Å²) in [5, 5.41) is 13.9. The lowest BCUT2D eigenvalue weighted by atomic mass is 9.91. The monoisotopic (exact) mass is 1360 g/mol. The zero-order valence-corrected chi connectivity index (χ0v) is 57.4. The second-order valence-corrected chi connectivity index (χ2v) is 27.2. The molecule has 0 amide bonds. The van der Waals surface area contributed by atoms with E-state index in [4.69, 9.17) is 35.4 Å². The number of hydrogen-bond acceptors (Lipinski definition) is 6. The van der Waals surface area contributed by atoms with E-state index in [-0.39, 0.29) is 5.28 Å². The van der Waals surface area contributed by atoms with E-state index in [9.17, 15) is 0 Å². The van der Waals surface area contributed by atoms with E-state index in [1.54, 1.807) is 0 Å². The van der Waals surface area contributed by atoms with Gasteiger partial charge in [-0.3, -0.25) is 4.57 Å². The maximum atomic E-state index is 6.48. The van der Waals surface area contributed by atoms with Crippen molar-refractivity contribution in [1.29, 1.82) is 0 Å². The number of nitrogens with zero attached hydrogens (tertiary/aromatic N) is 5. The fraction of sp³-hybridized carbons (Fsp3) is 0.0103. The lowest BCUT2D eigenvalue weighted by molar-refractivity contribution is 0.668. The van der Waals surface area contributed by atoms with Crippen molar-refractivity contribution in [2.24, 2.45) is 0 Å². The molecule has 7 nitrogen and oxygen atoms in total. The van der Waals surface area contributed by atoms with Gasteiger partial charge in [-0.15, -0.1) is 0 Å². The third kappa shape index (κ3) is 10.9. The molecule has 1 aliphatic rings. The van der Waals surface area contributed by atoms with Crippen molar-refractivity contribution in [3.05, 3.63) is 368 Å². The summed E-state index contributed by atoms with van der Waals surface area (Å²) in [5.41, 5.74) is 25.7. The second kappa shape index (κ2) is 25.5. The predicted octanol–water partition coefficient (Wildman–Crippen LogP) is 26.4. The van der Waals surface area contributed by atoms with Crippen molar-refractivity contribution in [3.8, 4) is 84.1 Å². The van der Waals surface area contributed by atoms with Crippen molar-refractivity contribution in [1.82, 2.24) is 24.5 Å². The van der Waals surface area contributed by atoms with Crippen LogP contribution < -0.4 is 0 Å². The summed E-state index contributed by atoms with van der Waals surface area (Å²) < 4.78 is 14.5. The van der Waals surface area contributed by atoms with E-state index < -0.39 is 0 Å². The molecule has 0 bridgehead atoms. The van der Waals surface area contributed by atoms with Gasteiger partial charge in [-0.25, -0.2) is 19.9 Å². The van der Waals surface area contributed by atoms with E-state index in [1.807, 2.05) is 54.6 Å². The fourth-order valence-corrected chi connectivity index (χ4v) is 15.9. The van der Waals surface area contributed by atoms with Gasteiger partial charge in [0.15, 0.2) is 0 Å². The molecule has 0 unspecified atom stereocenters. The van der Waals surface area contributed by atoms with Crippen LogP contribution in [0.5, 0.6) is 0 Å². The minimum absolute atomic E-state index is 0.223. The number of benzene rings is 16. The fourth-order valence-electron chi connectivity index (χ4n) is 15.7. The number of rotatable bonds is 7. The van der Waals surface area contributed by atoms with Gasteiger partial charge in [0.25, 0.3) is 0 Å². The third-order valence-electron chi connectivity index (χ3n) is 20.7. The first-order chi connectivity index (χ1) is 51.9. The first kappa shape index (κ1) is 61.3. The Labute approximate surface area is 608 Å². The van der Waals surface area contributed by atoms with E-state index in [0.717, 1.165) is 150 Å². The molecule has 0 aliphatic heterocycles. The van der Waals surface area contributed by atoms with Crippen molar-refractivity contribution >= 4 is 121 Å². The molecule has 0 N–H and O–H groups in total. The van der Waals surface area contributed by atoms with Gasteiger partial charge in [-0.2, -0.15) is 0 Å². The van der Waals surface area contributed by atoms with E-state index in [0.29, 0.717) is 5.95 Å². The van der Waals surface area contributed by atoms with Crippen molar-refractivity contribution in [3.63, 3.8) is 0 Å². The number of para-hydroxylation sites is 3. The van der Waals surface area contributed by atoms with Gasteiger partial charge in [-0.05, 0) is 203 Å². The number of aromatic nitrogens is 5. The van der Waals surface area contributed by atoms with Crippen LogP contribution in [0.3, 0.4) is 0 Å². The van der Waals surface area contributed by atoms with Gasteiger partial charge in [0.1, 0.15) is 22.3 Å². The molecule has 8 heteroatoms. The molecule has 0 spiro atoms. The molecule has 1 aliphatic carbocycles. The van der Waals surface area contributed by atoms with Crippen molar-refractivity contribution in [2.45, 2.75) is 6.42 Å². The first-order valence-electron chi connectivity index (χ1n) is 35.4. The molecule has 492 valence electrons. The SMILES string of the molecule is Clc1nc(-c2ccc3oc4ccccc4c3c2)c2cc(-c3ccccc3)c(-c3ccccc3)cc2n1.c1ccc(-c2cc3nc(-n4c5ccccc5c5cc6ccccc6cc54)nc(-c4ccc5oc6ccccc6c5c4)c3cc2-c2ccccc2)cc1.c1ccc2c(c1)Cc1cc3ccccc3cc1-2. The number of fused-ring (bicyclic) bond motifs is 16. The second-order valence-electron chi connectivity index (χ2n) is 26.9. The van der Waals surface area contributed by atoms with Gasteiger partial charge >= 0.3 is 0 Å². The predicted molar refractivity (Wildman–Crippen MR) is 435 cm³/mol. The summed E-state index contributed by atoms with van der Waals surface area (Å²) in [7, 11) is 0. The van der Waals surface area contributed by atoms with Crippen LogP contribution in [-0.4, -0.2) is 24.5 Å². The van der Waals surface area contributed by atoms with Crippen LogP contribution in [0.15, 0.2) is 361 Å². The van der Waals surface area contributed by atoms with Crippen LogP contribution in [0.2, 0.25) is 5.28 Å². The molecule has 0 fully saturated rings. The summed E-state index contributed by atoms with van der Waals surface area (Å²) in [6.07, 6.45) is 1.08. The molecule has 5 aromatic heterocycles. The van der Waals surface area contributed by atoms with Crippen LogP contribution in [0.1, 0.15) is 11.1 Å². The molecule has 105 heavy (non-hydrogen) atoms. The van der Waals surface area contributed by atoms with Crippen LogP contribution in [0.25, 0.3) is 193 Å². The molecular weight excluding hydrogens is 1300 g/mol. The third-order valence-corrected chi connectivity index (χ3v) is 20.8. The average Bonchev–Trinajstić information content (AvgIpc) is 1.71.